The second kappa shape index (κ2) is 2.30. The average molecular weight is 161 g/mol. The molecule has 0 amide bonds. The molecule has 2 rings (SSSR count). The van der Waals surface area contributed by atoms with Crippen LogP contribution < -0.4 is 0 Å². The zero-order valence-corrected chi connectivity index (χ0v) is 7.50. The number of aromatic nitrogens is 3. The Morgan fingerprint density at radius 2 is 1.92 bits per heavy atom. The van der Waals surface area contributed by atoms with Gasteiger partial charge in [0.1, 0.15) is 0 Å². The molecular weight excluding hydrogens is 150 g/mol. The highest BCUT2D eigenvalue weighted by atomic mass is 15.0. The molecule has 2 heterocycles. The van der Waals surface area contributed by atoms with Crippen molar-refractivity contribution in [1.82, 2.24) is 14.4 Å². The van der Waals surface area contributed by atoms with Crippen LogP contribution in [0.4, 0.5) is 0 Å². The van der Waals surface area contributed by atoms with E-state index in [0.717, 1.165) is 17.0 Å². The first-order valence-corrected chi connectivity index (χ1v) is 3.97. The van der Waals surface area contributed by atoms with E-state index in [2.05, 4.69) is 21.3 Å². The van der Waals surface area contributed by atoms with E-state index in [1.165, 1.54) is 5.69 Å². The van der Waals surface area contributed by atoms with Crippen molar-refractivity contribution in [1.29, 1.82) is 0 Å². The molecule has 62 valence electrons. The predicted octanol–water partition coefficient (Wildman–Crippen LogP) is 1.65. The highest BCUT2D eigenvalue weighted by molar-refractivity contribution is 5.46. The molecule has 0 aliphatic carbocycles. The third-order valence-electron chi connectivity index (χ3n) is 2.19. The van der Waals surface area contributed by atoms with Gasteiger partial charge in [0.05, 0.1) is 11.4 Å². The van der Waals surface area contributed by atoms with Crippen LogP contribution in [0.2, 0.25) is 0 Å². The van der Waals surface area contributed by atoms with Crippen LogP contribution in [0.25, 0.3) is 5.65 Å². The lowest BCUT2D eigenvalue weighted by atomic mass is 10.4. The Hall–Kier alpha value is -1.38. The van der Waals surface area contributed by atoms with E-state index in [-0.39, 0.29) is 0 Å². The number of hydrogen-bond donors (Lipinski definition) is 0. The summed E-state index contributed by atoms with van der Waals surface area (Å²) in [6.07, 6.45) is 3.74. The van der Waals surface area contributed by atoms with Crippen molar-refractivity contribution in [3.05, 3.63) is 29.5 Å². The highest BCUT2D eigenvalue weighted by Crippen LogP contribution is 2.11. The van der Waals surface area contributed by atoms with Gasteiger partial charge >= 0.3 is 0 Å². The minimum Gasteiger partial charge on any atom is -0.301 e. The smallest absolute Gasteiger partial charge is 0.158 e. The molecule has 0 bridgehead atoms. The average Bonchev–Trinajstić information content (AvgIpc) is 2.32. The topological polar surface area (TPSA) is 30.2 Å². The van der Waals surface area contributed by atoms with Crippen LogP contribution in [0.5, 0.6) is 0 Å². The molecule has 2 aromatic rings. The molecule has 0 radical (unpaired) electrons. The highest BCUT2D eigenvalue weighted by Gasteiger charge is 2.05. The maximum atomic E-state index is 4.41. The lowest BCUT2D eigenvalue weighted by Gasteiger charge is -1.96. The molecule has 0 aliphatic heterocycles. The first kappa shape index (κ1) is 7.28. The van der Waals surface area contributed by atoms with E-state index >= 15 is 0 Å². The van der Waals surface area contributed by atoms with Crippen LogP contribution in [0.3, 0.4) is 0 Å². The summed E-state index contributed by atoms with van der Waals surface area (Å²) < 4.78 is 2.07. The molecule has 0 unspecified atom stereocenters. The Labute approximate surface area is 71.1 Å². The van der Waals surface area contributed by atoms with Crippen molar-refractivity contribution in [2.45, 2.75) is 20.8 Å². The van der Waals surface area contributed by atoms with Crippen molar-refractivity contribution >= 4 is 5.65 Å². The molecule has 12 heavy (non-hydrogen) atoms. The molecule has 3 nitrogen and oxygen atoms in total. The minimum atomic E-state index is 0.965. The van der Waals surface area contributed by atoms with E-state index in [1.54, 1.807) is 6.20 Å². The molecule has 3 heteroatoms. The maximum Gasteiger partial charge on any atom is 0.158 e. The van der Waals surface area contributed by atoms with Gasteiger partial charge in [-0.1, -0.05) is 0 Å². The van der Waals surface area contributed by atoms with Gasteiger partial charge < -0.3 is 4.40 Å². The van der Waals surface area contributed by atoms with Gasteiger partial charge in [0, 0.05) is 18.1 Å². The molecular formula is C9H11N3. The van der Waals surface area contributed by atoms with Crippen LogP contribution in [0, 0.1) is 20.8 Å². The van der Waals surface area contributed by atoms with Gasteiger partial charge in [0.2, 0.25) is 0 Å². The number of fused-ring (bicyclic) bond motifs is 1. The number of nitrogens with zero attached hydrogens (tertiary/aromatic N) is 3. The minimum absolute atomic E-state index is 0.965. The fourth-order valence-electron chi connectivity index (χ4n) is 1.33. The van der Waals surface area contributed by atoms with Gasteiger partial charge in [0.15, 0.2) is 5.65 Å². The number of rotatable bonds is 0. The van der Waals surface area contributed by atoms with Gasteiger partial charge in [-0.3, -0.25) is 4.98 Å². The summed E-state index contributed by atoms with van der Waals surface area (Å²) in [7, 11) is 0. The Morgan fingerprint density at radius 1 is 1.17 bits per heavy atom. The van der Waals surface area contributed by atoms with Gasteiger partial charge in [-0.2, -0.15) is 0 Å². The number of hydrogen-bond acceptors (Lipinski definition) is 2. The molecule has 0 aliphatic rings. The van der Waals surface area contributed by atoms with E-state index in [0.29, 0.717) is 0 Å². The third-order valence-corrected chi connectivity index (χ3v) is 2.19. The summed E-state index contributed by atoms with van der Waals surface area (Å²) in [6, 6.07) is 0. The molecule has 0 aromatic carbocycles. The summed E-state index contributed by atoms with van der Waals surface area (Å²) in [4.78, 5) is 8.59. The normalized spacial score (nSPS) is 10.9. The second-order valence-electron chi connectivity index (χ2n) is 2.99. The third kappa shape index (κ3) is 0.826. The largest absolute Gasteiger partial charge is 0.301 e. The monoisotopic (exact) mass is 161 g/mol. The standard InChI is InChI=1S/C9H11N3/c1-6-8(3)12-5-4-10-7(2)9(12)11-6/h4-5H,1-3H3. The molecule has 0 spiro atoms. The Kier molecular flexibility index (Phi) is 1.40. The molecule has 0 N–H and O–H groups in total. The Bertz CT molecular complexity index is 429. The van der Waals surface area contributed by atoms with Crippen molar-refractivity contribution in [3.8, 4) is 0 Å². The zero-order valence-electron chi connectivity index (χ0n) is 7.50. The van der Waals surface area contributed by atoms with Crippen LogP contribution in [0.15, 0.2) is 12.4 Å². The van der Waals surface area contributed by atoms with Crippen molar-refractivity contribution in [2.75, 3.05) is 0 Å². The first-order chi connectivity index (χ1) is 5.70. The van der Waals surface area contributed by atoms with Crippen molar-refractivity contribution in [2.24, 2.45) is 0 Å². The Balaban J connectivity index is 2.95. The van der Waals surface area contributed by atoms with E-state index in [9.17, 15) is 0 Å². The quantitative estimate of drug-likeness (QED) is 0.588. The van der Waals surface area contributed by atoms with E-state index in [1.807, 2.05) is 20.0 Å². The summed E-state index contributed by atoms with van der Waals surface area (Å²) >= 11 is 0. The summed E-state index contributed by atoms with van der Waals surface area (Å²) in [5.74, 6) is 0. The molecule has 0 saturated carbocycles. The van der Waals surface area contributed by atoms with Crippen LogP contribution in [0.1, 0.15) is 17.1 Å². The van der Waals surface area contributed by atoms with Crippen LogP contribution >= 0.6 is 0 Å². The number of imidazole rings is 1. The summed E-state index contributed by atoms with van der Waals surface area (Å²) in [6.45, 7) is 6.05. The first-order valence-electron chi connectivity index (χ1n) is 3.97. The molecule has 0 saturated heterocycles. The maximum absolute atomic E-state index is 4.41. The fraction of sp³-hybridized carbons (Fsp3) is 0.333. The van der Waals surface area contributed by atoms with Crippen LogP contribution in [-0.2, 0) is 0 Å². The fourth-order valence-corrected chi connectivity index (χ4v) is 1.33. The van der Waals surface area contributed by atoms with Crippen molar-refractivity contribution < 1.29 is 0 Å². The van der Waals surface area contributed by atoms with Gasteiger partial charge in [-0.15, -0.1) is 0 Å². The molecule has 2 aromatic heterocycles. The Morgan fingerprint density at radius 3 is 2.58 bits per heavy atom. The molecule has 0 fully saturated rings. The van der Waals surface area contributed by atoms with Crippen molar-refractivity contribution in [3.63, 3.8) is 0 Å². The zero-order chi connectivity index (χ0) is 8.72. The van der Waals surface area contributed by atoms with Crippen LogP contribution in [-0.4, -0.2) is 14.4 Å². The summed E-state index contributed by atoms with van der Waals surface area (Å²) in [5.41, 5.74) is 4.21. The lowest BCUT2D eigenvalue weighted by molar-refractivity contribution is 1.04. The lowest BCUT2D eigenvalue weighted by Crippen LogP contribution is -1.91. The molecule has 0 atom stereocenters. The van der Waals surface area contributed by atoms with E-state index < -0.39 is 0 Å². The summed E-state index contributed by atoms with van der Waals surface area (Å²) in [5, 5.41) is 0. The van der Waals surface area contributed by atoms with Gasteiger partial charge in [-0.05, 0) is 20.8 Å². The van der Waals surface area contributed by atoms with Gasteiger partial charge in [0.25, 0.3) is 0 Å². The van der Waals surface area contributed by atoms with E-state index in [4.69, 9.17) is 0 Å². The van der Waals surface area contributed by atoms with Gasteiger partial charge in [-0.25, -0.2) is 4.98 Å². The second-order valence-corrected chi connectivity index (χ2v) is 2.99. The SMILES string of the molecule is Cc1nc2c(C)nccn2c1C. The predicted molar refractivity (Wildman–Crippen MR) is 47.2 cm³/mol. The number of aryl methyl sites for hydroxylation is 3.